The summed E-state index contributed by atoms with van der Waals surface area (Å²) in [5, 5.41) is 18.1. The fourth-order valence-corrected chi connectivity index (χ4v) is 5.44. The van der Waals surface area contributed by atoms with Gasteiger partial charge in [0, 0.05) is 26.0 Å². The number of aromatic amines is 1. The molecule has 2 aromatic heterocycles. The average molecular weight is 438 g/mol. The van der Waals surface area contributed by atoms with Crippen LogP contribution in [0.25, 0.3) is 10.4 Å². The number of H-pyrrole nitrogens is 1. The van der Waals surface area contributed by atoms with Crippen LogP contribution >= 0.6 is 46.1 Å². The van der Waals surface area contributed by atoms with Crippen LogP contribution in [-0.4, -0.2) is 10.2 Å². The summed E-state index contributed by atoms with van der Waals surface area (Å²) in [5.74, 6) is 0.0617. The molecule has 0 bridgehead atoms. The van der Waals surface area contributed by atoms with Crippen LogP contribution in [-0.2, 0) is 0 Å². The van der Waals surface area contributed by atoms with Crippen molar-refractivity contribution in [1.82, 2.24) is 10.2 Å². The van der Waals surface area contributed by atoms with Crippen LogP contribution in [0.1, 0.15) is 22.1 Å². The number of hydrogen-bond acceptors (Lipinski definition) is 5. The maximum Gasteiger partial charge on any atom is 0.244 e. The van der Waals surface area contributed by atoms with E-state index in [4.69, 9.17) is 45.3 Å². The number of rotatable bonds is 2. The molecule has 9 heteroatoms. The lowest BCUT2D eigenvalue weighted by molar-refractivity contribution is 0.379. The third-order valence-corrected chi connectivity index (χ3v) is 6.28. The zero-order chi connectivity index (χ0) is 19.3. The highest BCUT2D eigenvalue weighted by molar-refractivity contribution is 7.15. The Morgan fingerprint density at radius 2 is 1.96 bits per heavy atom. The summed E-state index contributed by atoms with van der Waals surface area (Å²) < 4.78 is 5.49. The Bertz CT molecular complexity index is 1120. The van der Waals surface area contributed by atoms with E-state index in [9.17, 15) is 5.26 Å². The van der Waals surface area contributed by atoms with Gasteiger partial charge in [-0.05, 0) is 31.2 Å². The number of benzene rings is 1. The minimum atomic E-state index is -0.374. The molecule has 1 aliphatic rings. The number of halogens is 3. The summed E-state index contributed by atoms with van der Waals surface area (Å²) >= 11 is 20.2. The molecule has 1 unspecified atom stereocenters. The Balaban J connectivity index is 1.87. The van der Waals surface area contributed by atoms with Gasteiger partial charge in [-0.1, -0.05) is 34.8 Å². The monoisotopic (exact) mass is 436 g/mol. The van der Waals surface area contributed by atoms with Crippen LogP contribution in [0, 0.1) is 18.3 Å². The Morgan fingerprint density at radius 1 is 1.26 bits per heavy atom. The number of nitrogens with one attached hydrogen (secondary N) is 1. The predicted molar refractivity (Wildman–Crippen MR) is 107 cm³/mol. The zero-order valence-corrected chi connectivity index (χ0v) is 16.9. The molecule has 1 aromatic carbocycles. The van der Waals surface area contributed by atoms with E-state index in [2.05, 4.69) is 16.3 Å². The summed E-state index contributed by atoms with van der Waals surface area (Å²) in [6.45, 7) is 1.88. The van der Waals surface area contributed by atoms with Gasteiger partial charge in [-0.15, -0.1) is 16.4 Å². The van der Waals surface area contributed by atoms with Crippen LogP contribution in [0.2, 0.25) is 15.1 Å². The Hall–Kier alpha value is -2.17. The summed E-state index contributed by atoms with van der Waals surface area (Å²) in [6, 6.07) is 9.30. The second-order valence-corrected chi connectivity index (χ2v) is 8.30. The van der Waals surface area contributed by atoms with Crippen molar-refractivity contribution in [1.29, 1.82) is 5.26 Å². The van der Waals surface area contributed by atoms with Crippen molar-refractivity contribution >= 4 is 46.1 Å². The fraction of sp³-hybridized carbons (Fsp3) is 0.111. The third-order valence-electron chi connectivity index (χ3n) is 4.29. The molecule has 136 valence electrons. The number of aromatic nitrogens is 2. The number of nitrogens with zero attached hydrogens (tertiary/aromatic N) is 2. The van der Waals surface area contributed by atoms with E-state index in [0.29, 0.717) is 32.1 Å². The van der Waals surface area contributed by atoms with Gasteiger partial charge < -0.3 is 10.5 Å². The van der Waals surface area contributed by atoms with Gasteiger partial charge >= 0.3 is 0 Å². The number of fused-ring (bicyclic) bond motifs is 1. The molecule has 1 aliphatic heterocycles. The van der Waals surface area contributed by atoms with E-state index in [1.807, 2.05) is 19.1 Å². The highest BCUT2D eigenvalue weighted by atomic mass is 35.5. The number of hydrogen-bond donors (Lipinski definition) is 2. The normalized spacial score (nSPS) is 16.0. The van der Waals surface area contributed by atoms with Crippen molar-refractivity contribution in [2.75, 3.05) is 0 Å². The summed E-state index contributed by atoms with van der Waals surface area (Å²) in [6.07, 6.45) is 0. The van der Waals surface area contributed by atoms with Gasteiger partial charge in [0.15, 0.2) is 0 Å². The van der Waals surface area contributed by atoms with Crippen LogP contribution in [0.15, 0.2) is 35.7 Å². The molecule has 1 atom stereocenters. The van der Waals surface area contributed by atoms with Crippen molar-refractivity contribution in [2.24, 2.45) is 5.73 Å². The smallest absolute Gasteiger partial charge is 0.244 e. The summed E-state index contributed by atoms with van der Waals surface area (Å²) in [5.41, 5.74) is 8.60. The molecular formula is C18H11Cl3N4OS. The topological polar surface area (TPSA) is 87.7 Å². The highest BCUT2D eigenvalue weighted by Gasteiger charge is 2.35. The number of aryl methyl sites for hydroxylation is 1. The first kappa shape index (κ1) is 18.2. The molecule has 0 saturated carbocycles. The molecular weight excluding hydrogens is 427 g/mol. The van der Waals surface area contributed by atoms with Crippen LogP contribution < -0.4 is 10.5 Å². The second kappa shape index (κ2) is 6.77. The summed E-state index contributed by atoms with van der Waals surface area (Å²) in [7, 11) is 0. The summed E-state index contributed by atoms with van der Waals surface area (Å²) in [4.78, 5) is 1.77. The van der Waals surface area contributed by atoms with Crippen LogP contribution in [0.3, 0.4) is 0 Å². The van der Waals surface area contributed by atoms with Gasteiger partial charge in [0.05, 0.1) is 21.5 Å². The van der Waals surface area contributed by atoms with E-state index in [1.165, 1.54) is 11.3 Å². The van der Waals surface area contributed by atoms with Crippen molar-refractivity contribution in [3.05, 3.63) is 66.9 Å². The van der Waals surface area contributed by atoms with Gasteiger partial charge in [0.2, 0.25) is 11.8 Å². The van der Waals surface area contributed by atoms with Gasteiger partial charge in [-0.25, -0.2) is 0 Å². The zero-order valence-electron chi connectivity index (χ0n) is 13.8. The van der Waals surface area contributed by atoms with Gasteiger partial charge in [0.25, 0.3) is 0 Å². The lowest BCUT2D eigenvalue weighted by Gasteiger charge is -2.22. The standard InChI is InChI=1S/C18H11Cl3N4OS/c1-7-14-15(9(6-22)17(23)26-18(14)25-24-7)12-2-3-13(27-12)16-10(20)4-8(19)5-11(16)21/h2-5,15H,23H2,1H3,(H,24,25). The fourth-order valence-electron chi connectivity index (χ4n) is 3.10. The van der Waals surface area contributed by atoms with Crippen molar-refractivity contribution in [3.8, 4) is 22.4 Å². The first-order valence-electron chi connectivity index (χ1n) is 7.77. The molecule has 3 N–H and O–H groups in total. The third kappa shape index (κ3) is 2.97. The van der Waals surface area contributed by atoms with Crippen LogP contribution in [0.5, 0.6) is 5.88 Å². The van der Waals surface area contributed by atoms with Crippen LogP contribution in [0.4, 0.5) is 0 Å². The van der Waals surface area contributed by atoms with Crippen molar-refractivity contribution in [3.63, 3.8) is 0 Å². The first-order valence-corrected chi connectivity index (χ1v) is 9.72. The Kier molecular flexibility index (Phi) is 4.57. The first-order chi connectivity index (χ1) is 12.9. The van der Waals surface area contributed by atoms with E-state index in [1.54, 1.807) is 12.1 Å². The SMILES string of the molecule is Cc1[nH]nc2c1C(c1ccc(-c3c(Cl)cc(Cl)cc3Cl)s1)C(C#N)=C(N)O2. The number of nitrogens with two attached hydrogens (primary N) is 1. The largest absolute Gasteiger partial charge is 0.420 e. The van der Waals surface area contributed by atoms with Gasteiger partial charge in [-0.3, -0.25) is 5.10 Å². The van der Waals surface area contributed by atoms with E-state index in [0.717, 1.165) is 21.0 Å². The molecule has 27 heavy (non-hydrogen) atoms. The molecule has 4 rings (SSSR count). The minimum absolute atomic E-state index is 0.0546. The Morgan fingerprint density at radius 3 is 2.63 bits per heavy atom. The second-order valence-electron chi connectivity index (χ2n) is 5.94. The molecule has 0 amide bonds. The van der Waals surface area contributed by atoms with Crippen molar-refractivity contribution < 1.29 is 4.74 Å². The van der Waals surface area contributed by atoms with E-state index >= 15 is 0 Å². The lowest BCUT2D eigenvalue weighted by Crippen LogP contribution is -2.20. The number of thiophene rings is 1. The molecule has 5 nitrogen and oxygen atoms in total. The molecule has 0 radical (unpaired) electrons. The molecule has 0 aliphatic carbocycles. The highest BCUT2D eigenvalue weighted by Crippen LogP contribution is 2.47. The molecule has 0 saturated heterocycles. The Labute approximate surface area is 173 Å². The molecule has 3 heterocycles. The lowest BCUT2D eigenvalue weighted by atomic mass is 9.89. The minimum Gasteiger partial charge on any atom is -0.420 e. The number of ether oxygens (including phenoxy) is 1. The average Bonchev–Trinajstić information content (AvgIpc) is 3.20. The van der Waals surface area contributed by atoms with Gasteiger partial charge in [-0.2, -0.15) is 5.26 Å². The van der Waals surface area contributed by atoms with Gasteiger partial charge in [0.1, 0.15) is 11.6 Å². The predicted octanol–water partition coefficient (Wildman–Crippen LogP) is 5.63. The molecule has 0 spiro atoms. The number of allylic oxidation sites excluding steroid dienone is 1. The van der Waals surface area contributed by atoms with Crippen molar-refractivity contribution in [2.45, 2.75) is 12.8 Å². The molecule has 3 aromatic rings. The van der Waals surface area contributed by atoms with E-state index < -0.39 is 0 Å². The maximum atomic E-state index is 9.64. The van der Waals surface area contributed by atoms with E-state index in [-0.39, 0.29) is 11.8 Å². The number of nitriles is 1. The molecule has 0 fully saturated rings. The quantitative estimate of drug-likeness (QED) is 0.544. The maximum absolute atomic E-state index is 9.64.